The van der Waals surface area contributed by atoms with Crippen molar-refractivity contribution in [3.63, 3.8) is 0 Å². The van der Waals surface area contributed by atoms with Crippen LogP contribution in [0.3, 0.4) is 0 Å². The monoisotopic (exact) mass is 375 g/mol. The molecule has 0 radical (unpaired) electrons. The Morgan fingerprint density at radius 1 is 1.19 bits per heavy atom. The molecule has 1 aromatic heterocycles. The summed E-state index contributed by atoms with van der Waals surface area (Å²) in [4.78, 5) is 12.5. The minimum atomic E-state index is -4.10. The molecule has 1 aromatic carbocycles. The Labute approximate surface area is 153 Å². The molecule has 0 aliphatic heterocycles. The number of benzene rings is 1. The molecule has 2 rings (SSSR count). The highest BCUT2D eigenvalue weighted by atomic mass is 32.2. The van der Waals surface area contributed by atoms with Crippen molar-refractivity contribution in [1.82, 2.24) is 4.31 Å². The van der Waals surface area contributed by atoms with Crippen LogP contribution in [0.25, 0.3) is 0 Å². The molecule has 0 unspecified atom stereocenters. The summed E-state index contributed by atoms with van der Waals surface area (Å²) < 4.78 is 36.6. The van der Waals surface area contributed by atoms with Gasteiger partial charge in [-0.15, -0.1) is 0 Å². The normalized spacial score (nSPS) is 11.4. The van der Waals surface area contributed by atoms with Gasteiger partial charge in [-0.2, -0.15) is 4.31 Å². The number of carbonyl (C=O) groups excluding carboxylic acids is 1. The van der Waals surface area contributed by atoms with E-state index in [9.17, 15) is 13.2 Å². The van der Waals surface area contributed by atoms with Gasteiger partial charge in [0, 0.05) is 0 Å². The van der Waals surface area contributed by atoms with Crippen LogP contribution in [0.15, 0.2) is 52.2 Å². The van der Waals surface area contributed by atoms with Gasteiger partial charge >= 0.3 is 6.09 Å². The van der Waals surface area contributed by atoms with Gasteiger partial charge in [-0.25, -0.2) is 13.2 Å². The fourth-order valence-corrected chi connectivity index (χ4v) is 3.15. The molecule has 138 valence electrons. The first-order chi connectivity index (χ1) is 12.1. The summed E-state index contributed by atoms with van der Waals surface area (Å²) in [5, 5.41) is 0. The fraction of sp³-hybridized carbons (Fsp3) is 0.316. The zero-order valence-electron chi connectivity index (χ0n) is 15.1. The van der Waals surface area contributed by atoms with E-state index >= 15 is 0 Å². The molecule has 0 aliphatic carbocycles. The number of amides is 1. The number of hydrogen-bond donors (Lipinski definition) is 0. The molecule has 6 nitrogen and oxygen atoms in total. The summed E-state index contributed by atoms with van der Waals surface area (Å²) in [5.74, 6) is 5.43. The van der Waals surface area contributed by atoms with Gasteiger partial charge in [-0.05, 0) is 45.9 Å². The Balaban J connectivity index is 2.35. The van der Waals surface area contributed by atoms with Crippen molar-refractivity contribution in [3.05, 3.63) is 54.0 Å². The maximum atomic E-state index is 12.9. The van der Waals surface area contributed by atoms with Crippen LogP contribution >= 0.6 is 0 Å². The van der Waals surface area contributed by atoms with Crippen LogP contribution in [-0.4, -0.2) is 31.0 Å². The molecule has 0 atom stereocenters. The third-order valence-electron chi connectivity index (χ3n) is 3.18. The number of ether oxygens (including phenoxy) is 1. The van der Waals surface area contributed by atoms with Crippen molar-refractivity contribution < 1.29 is 22.4 Å². The molecule has 0 spiro atoms. The summed E-state index contributed by atoms with van der Waals surface area (Å²) in [5.41, 5.74) is 0.658. The van der Waals surface area contributed by atoms with E-state index in [1.165, 1.54) is 24.7 Å². The maximum absolute atomic E-state index is 12.9. The SMILES string of the molecule is Cc1ccc(S(=O)(=O)N(CC#Cc2ccoc2)C(=O)OC(C)(C)C)cc1. The standard InChI is InChI=1S/C19H21NO5S/c1-15-7-9-17(10-8-15)26(22,23)20(18(21)25-19(2,3)4)12-5-6-16-11-13-24-14-16/h7-11,13-14H,12H2,1-4H3. The van der Waals surface area contributed by atoms with E-state index in [4.69, 9.17) is 9.15 Å². The Hall–Kier alpha value is -2.72. The number of furan rings is 1. The number of carbonyl (C=O) groups is 1. The Bertz CT molecular complexity index is 911. The van der Waals surface area contributed by atoms with Gasteiger partial charge in [0.15, 0.2) is 0 Å². The van der Waals surface area contributed by atoms with Gasteiger partial charge in [-0.1, -0.05) is 29.5 Å². The highest BCUT2D eigenvalue weighted by Crippen LogP contribution is 2.19. The molecule has 26 heavy (non-hydrogen) atoms. The summed E-state index contributed by atoms with van der Waals surface area (Å²) in [7, 11) is -4.10. The second-order valence-corrected chi connectivity index (χ2v) is 8.48. The lowest BCUT2D eigenvalue weighted by molar-refractivity contribution is 0.0406. The van der Waals surface area contributed by atoms with E-state index in [2.05, 4.69) is 11.8 Å². The molecule has 0 bridgehead atoms. The molecule has 0 N–H and O–H groups in total. The molecule has 1 amide bonds. The van der Waals surface area contributed by atoms with E-state index < -0.39 is 21.7 Å². The number of sulfonamides is 1. The molecular formula is C19H21NO5S. The Morgan fingerprint density at radius 3 is 2.38 bits per heavy atom. The minimum Gasteiger partial charge on any atom is -0.471 e. The van der Waals surface area contributed by atoms with Gasteiger partial charge in [0.25, 0.3) is 10.0 Å². The number of rotatable bonds is 3. The molecular weight excluding hydrogens is 354 g/mol. The topological polar surface area (TPSA) is 76.8 Å². The second kappa shape index (κ2) is 7.67. The van der Waals surface area contributed by atoms with Crippen LogP contribution in [0.1, 0.15) is 31.9 Å². The first kappa shape index (κ1) is 19.6. The van der Waals surface area contributed by atoms with E-state index in [1.807, 2.05) is 6.92 Å². The highest BCUT2D eigenvalue weighted by Gasteiger charge is 2.32. The van der Waals surface area contributed by atoms with Gasteiger partial charge in [-0.3, -0.25) is 0 Å². The highest BCUT2D eigenvalue weighted by molar-refractivity contribution is 7.89. The average molecular weight is 375 g/mol. The van der Waals surface area contributed by atoms with Crippen LogP contribution in [-0.2, 0) is 14.8 Å². The molecule has 0 aliphatic rings. The molecule has 2 aromatic rings. The first-order valence-electron chi connectivity index (χ1n) is 7.93. The van der Waals surface area contributed by atoms with Crippen LogP contribution in [0, 0.1) is 18.8 Å². The minimum absolute atomic E-state index is 0.000861. The quantitative estimate of drug-likeness (QED) is 0.767. The molecule has 1 heterocycles. The Morgan fingerprint density at radius 2 is 1.85 bits per heavy atom. The zero-order valence-corrected chi connectivity index (χ0v) is 16.0. The third-order valence-corrected chi connectivity index (χ3v) is 4.91. The summed E-state index contributed by atoms with van der Waals surface area (Å²) in [6.07, 6.45) is 1.91. The largest absolute Gasteiger partial charge is 0.471 e. The van der Waals surface area contributed by atoms with E-state index in [0.29, 0.717) is 9.87 Å². The molecule has 0 saturated heterocycles. The van der Waals surface area contributed by atoms with Gasteiger partial charge in [0.2, 0.25) is 0 Å². The maximum Gasteiger partial charge on any atom is 0.425 e. The molecule has 0 saturated carbocycles. The van der Waals surface area contributed by atoms with Gasteiger partial charge < -0.3 is 9.15 Å². The summed E-state index contributed by atoms with van der Waals surface area (Å²) in [6.45, 7) is 6.50. The van der Waals surface area contributed by atoms with Crippen molar-refractivity contribution >= 4 is 16.1 Å². The first-order valence-corrected chi connectivity index (χ1v) is 9.37. The van der Waals surface area contributed by atoms with Crippen molar-refractivity contribution in [2.45, 2.75) is 38.2 Å². The second-order valence-electron chi connectivity index (χ2n) is 6.62. The van der Waals surface area contributed by atoms with Crippen LogP contribution in [0.4, 0.5) is 4.79 Å². The number of nitrogens with zero attached hydrogens (tertiary/aromatic N) is 1. The smallest absolute Gasteiger partial charge is 0.425 e. The van der Waals surface area contributed by atoms with E-state index in [1.54, 1.807) is 39.0 Å². The van der Waals surface area contributed by atoms with Crippen molar-refractivity contribution in [1.29, 1.82) is 0 Å². The zero-order chi connectivity index (χ0) is 19.4. The van der Waals surface area contributed by atoms with Crippen LogP contribution < -0.4 is 0 Å². The predicted octanol–water partition coefficient (Wildman–Crippen LogP) is 3.57. The summed E-state index contributed by atoms with van der Waals surface area (Å²) >= 11 is 0. The predicted molar refractivity (Wildman–Crippen MR) is 96.9 cm³/mol. The van der Waals surface area contributed by atoms with Crippen molar-refractivity contribution in [2.75, 3.05) is 6.54 Å². The molecule has 7 heteroatoms. The lowest BCUT2D eigenvalue weighted by Gasteiger charge is -2.25. The third kappa shape index (κ3) is 5.14. The van der Waals surface area contributed by atoms with Gasteiger partial charge in [0.05, 0.1) is 16.7 Å². The lowest BCUT2D eigenvalue weighted by Crippen LogP contribution is -2.41. The number of hydrogen-bond acceptors (Lipinski definition) is 5. The average Bonchev–Trinajstić information content (AvgIpc) is 3.03. The molecule has 0 fully saturated rings. The van der Waals surface area contributed by atoms with Crippen LogP contribution in [0.2, 0.25) is 0 Å². The van der Waals surface area contributed by atoms with Crippen molar-refractivity contribution in [3.8, 4) is 11.8 Å². The van der Waals surface area contributed by atoms with Crippen LogP contribution in [0.5, 0.6) is 0 Å². The summed E-state index contributed by atoms with van der Waals surface area (Å²) in [6, 6.07) is 7.87. The Kier molecular flexibility index (Phi) is 5.78. The fourth-order valence-electron chi connectivity index (χ4n) is 1.95. The van der Waals surface area contributed by atoms with E-state index in [0.717, 1.165) is 5.56 Å². The van der Waals surface area contributed by atoms with Crippen molar-refractivity contribution in [2.24, 2.45) is 0 Å². The van der Waals surface area contributed by atoms with Gasteiger partial charge in [0.1, 0.15) is 18.4 Å². The lowest BCUT2D eigenvalue weighted by atomic mass is 10.2. The number of aryl methyl sites for hydroxylation is 1. The van der Waals surface area contributed by atoms with E-state index in [-0.39, 0.29) is 11.4 Å².